The number of rotatable bonds is 5. The van der Waals surface area contributed by atoms with Gasteiger partial charge in [-0.15, -0.1) is 0 Å². The van der Waals surface area contributed by atoms with Crippen LogP contribution in [0.2, 0.25) is 0 Å². The summed E-state index contributed by atoms with van der Waals surface area (Å²) in [7, 11) is 0. The molecule has 0 saturated heterocycles. The molecule has 2 aromatic rings. The molecule has 0 aromatic heterocycles. The SMILES string of the molecule is [CH2]C[C@@H](CCC)Oc1cccc2ccccc12. The summed E-state index contributed by atoms with van der Waals surface area (Å²) in [5, 5.41) is 2.41. The third-order valence-electron chi connectivity index (χ3n) is 2.98. The Bertz CT molecular complexity index is 470. The van der Waals surface area contributed by atoms with E-state index in [4.69, 9.17) is 4.74 Å². The lowest BCUT2D eigenvalue weighted by Gasteiger charge is -2.18. The maximum Gasteiger partial charge on any atom is 0.127 e. The van der Waals surface area contributed by atoms with E-state index < -0.39 is 0 Å². The summed E-state index contributed by atoms with van der Waals surface area (Å²) in [6.07, 6.45) is 3.24. The predicted molar refractivity (Wildman–Crippen MR) is 73.2 cm³/mol. The van der Waals surface area contributed by atoms with Crippen LogP contribution in [0.4, 0.5) is 0 Å². The number of benzene rings is 2. The number of hydrogen-bond donors (Lipinski definition) is 0. The van der Waals surface area contributed by atoms with Crippen LogP contribution in [-0.2, 0) is 0 Å². The van der Waals surface area contributed by atoms with Gasteiger partial charge >= 0.3 is 0 Å². The average Bonchev–Trinajstić information content (AvgIpc) is 2.38. The molecule has 2 rings (SSSR count). The Morgan fingerprint density at radius 1 is 1.12 bits per heavy atom. The van der Waals surface area contributed by atoms with Crippen LogP contribution < -0.4 is 4.74 Å². The normalized spacial score (nSPS) is 12.6. The molecule has 1 radical (unpaired) electrons. The standard InChI is InChI=1S/C16H19O/c1-3-8-14(4-2)17-16-12-7-10-13-9-5-6-11-15(13)16/h5-7,9-12,14H,2-4,8H2,1H3/t14-/m0/s1. The van der Waals surface area contributed by atoms with Gasteiger partial charge in [0.15, 0.2) is 0 Å². The second kappa shape index (κ2) is 5.72. The molecule has 0 amide bonds. The number of hydrogen-bond acceptors (Lipinski definition) is 1. The van der Waals surface area contributed by atoms with Crippen molar-refractivity contribution in [3.05, 3.63) is 49.4 Å². The van der Waals surface area contributed by atoms with E-state index in [1.54, 1.807) is 0 Å². The monoisotopic (exact) mass is 227 g/mol. The fourth-order valence-electron chi connectivity index (χ4n) is 2.06. The lowest BCUT2D eigenvalue weighted by Crippen LogP contribution is -2.14. The van der Waals surface area contributed by atoms with Crippen LogP contribution in [0.25, 0.3) is 10.8 Å². The van der Waals surface area contributed by atoms with Gasteiger partial charge in [0.25, 0.3) is 0 Å². The summed E-state index contributed by atoms with van der Waals surface area (Å²) in [4.78, 5) is 0. The van der Waals surface area contributed by atoms with Gasteiger partial charge in [0.2, 0.25) is 0 Å². The second-order valence-electron chi connectivity index (χ2n) is 4.29. The molecule has 17 heavy (non-hydrogen) atoms. The molecule has 0 fully saturated rings. The molecule has 0 spiro atoms. The molecule has 0 heterocycles. The minimum Gasteiger partial charge on any atom is -0.490 e. The van der Waals surface area contributed by atoms with E-state index in [0.29, 0.717) is 0 Å². The lowest BCUT2D eigenvalue weighted by molar-refractivity contribution is 0.195. The summed E-state index contributed by atoms with van der Waals surface area (Å²) < 4.78 is 6.05. The van der Waals surface area contributed by atoms with E-state index >= 15 is 0 Å². The molecule has 2 aromatic carbocycles. The predicted octanol–water partition coefficient (Wildman–Crippen LogP) is 4.61. The van der Waals surface area contributed by atoms with Crippen LogP contribution in [0.5, 0.6) is 5.75 Å². The van der Waals surface area contributed by atoms with Crippen molar-refractivity contribution in [1.82, 2.24) is 0 Å². The van der Waals surface area contributed by atoms with Crippen LogP contribution in [0.15, 0.2) is 42.5 Å². The van der Waals surface area contributed by atoms with Crippen LogP contribution >= 0.6 is 0 Å². The smallest absolute Gasteiger partial charge is 0.127 e. The Balaban J connectivity index is 2.28. The topological polar surface area (TPSA) is 9.23 Å². The number of fused-ring (bicyclic) bond motifs is 1. The van der Waals surface area contributed by atoms with Crippen molar-refractivity contribution in [2.45, 2.75) is 32.3 Å². The van der Waals surface area contributed by atoms with Gasteiger partial charge in [0.05, 0.1) is 6.10 Å². The van der Waals surface area contributed by atoms with Crippen molar-refractivity contribution in [3.63, 3.8) is 0 Å². The molecule has 0 unspecified atom stereocenters. The Morgan fingerprint density at radius 2 is 1.88 bits per heavy atom. The first kappa shape index (κ1) is 12.0. The van der Waals surface area contributed by atoms with E-state index in [-0.39, 0.29) is 6.10 Å². The van der Waals surface area contributed by atoms with E-state index in [2.05, 4.69) is 38.1 Å². The minimum atomic E-state index is 0.228. The zero-order valence-corrected chi connectivity index (χ0v) is 10.4. The van der Waals surface area contributed by atoms with Gasteiger partial charge in [0.1, 0.15) is 5.75 Å². The molecular weight excluding hydrogens is 208 g/mol. The molecule has 89 valence electrons. The molecule has 1 heteroatoms. The lowest BCUT2D eigenvalue weighted by atomic mass is 10.1. The summed E-state index contributed by atoms with van der Waals surface area (Å²) in [6, 6.07) is 14.5. The number of ether oxygens (including phenoxy) is 1. The molecule has 1 nitrogen and oxygen atoms in total. The fourth-order valence-corrected chi connectivity index (χ4v) is 2.06. The molecule has 0 aliphatic heterocycles. The minimum absolute atomic E-state index is 0.228. The third-order valence-corrected chi connectivity index (χ3v) is 2.98. The van der Waals surface area contributed by atoms with Gasteiger partial charge in [-0.25, -0.2) is 0 Å². The summed E-state index contributed by atoms with van der Waals surface area (Å²) >= 11 is 0. The Labute approximate surface area is 103 Å². The molecule has 0 bridgehead atoms. The van der Waals surface area contributed by atoms with Crippen molar-refractivity contribution in [1.29, 1.82) is 0 Å². The second-order valence-corrected chi connectivity index (χ2v) is 4.29. The average molecular weight is 227 g/mol. The van der Waals surface area contributed by atoms with Gasteiger partial charge < -0.3 is 4.74 Å². The van der Waals surface area contributed by atoms with Crippen molar-refractivity contribution < 1.29 is 4.74 Å². The van der Waals surface area contributed by atoms with E-state index in [1.165, 1.54) is 10.8 Å². The highest BCUT2D eigenvalue weighted by atomic mass is 16.5. The highest BCUT2D eigenvalue weighted by Gasteiger charge is 2.08. The summed E-state index contributed by atoms with van der Waals surface area (Å²) in [5.41, 5.74) is 0. The molecule has 0 saturated carbocycles. The Hall–Kier alpha value is -1.50. The highest BCUT2D eigenvalue weighted by molar-refractivity contribution is 5.88. The first-order valence-corrected chi connectivity index (χ1v) is 6.28. The third kappa shape index (κ3) is 2.79. The molecular formula is C16H19O. The first-order valence-electron chi connectivity index (χ1n) is 6.28. The maximum atomic E-state index is 6.05. The van der Waals surface area contributed by atoms with Crippen molar-refractivity contribution >= 4 is 10.8 Å². The molecule has 0 N–H and O–H groups in total. The summed E-state index contributed by atoms with van der Waals surface area (Å²) in [6.45, 7) is 6.13. The Morgan fingerprint density at radius 3 is 2.65 bits per heavy atom. The van der Waals surface area contributed by atoms with Crippen LogP contribution in [0, 0.1) is 6.92 Å². The van der Waals surface area contributed by atoms with Gasteiger partial charge in [-0.05, 0) is 31.2 Å². The Kier molecular flexibility index (Phi) is 4.03. The van der Waals surface area contributed by atoms with Crippen molar-refractivity contribution in [2.24, 2.45) is 0 Å². The van der Waals surface area contributed by atoms with Crippen LogP contribution in [-0.4, -0.2) is 6.10 Å². The zero-order valence-electron chi connectivity index (χ0n) is 10.4. The van der Waals surface area contributed by atoms with Gasteiger partial charge in [-0.1, -0.05) is 49.7 Å². The largest absolute Gasteiger partial charge is 0.490 e. The zero-order chi connectivity index (χ0) is 12.1. The van der Waals surface area contributed by atoms with Gasteiger partial charge in [0, 0.05) is 5.39 Å². The van der Waals surface area contributed by atoms with E-state index in [9.17, 15) is 0 Å². The maximum absolute atomic E-state index is 6.05. The van der Waals surface area contributed by atoms with E-state index in [0.717, 1.165) is 25.0 Å². The van der Waals surface area contributed by atoms with E-state index in [1.807, 2.05) is 18.2 Å². The molecule has 1 atom stereocenters. The highest BCUT2D eigenvalue weighted by Crippen LogP contribution is 2.27. The van der Waals surface area contributed by atoms with Gasteiger partial charge in [-0.3, -0.25) is 0 Å². The van der Waals surface area contributed by atoms with Crippen molar-refractivity contribution in [2.75, 3.05) is 0 Å². The van der Waals surface area contributed by atoms with Crippen molar-refractivity contribution in [3.8, 4) is 5.75 Å². The van der Waals surface area contributed by atoms with Crippen LogP contribution in [0.1, 0.15) is 26.2 Å². The first-order chi connectivity index (χ1) is 8.35. The fraction of sp³-hybridized carbons (Fsp3) is 0.312. The summed E-state index contributed by atoms with van der Waals surface area (Å²) in [5.74, 6) is 0.977. The molecule has 0 aliphatic carbocycles. The quantitative estimate of drug-likeness (QED) is 0.724. The van der Waals surface area contributed by atoms with Gasteiger partial charge in [-0.2, -0.15) is 0 Å². The van der Waals surface area contributed by atoms with Crippen LogP contribution in [0.3, 0.4) is 0 Å². The molecule has 0 aliphatic rings.